The van der Waals surface area contributed by atoms with E-state index in [4.69, 9.17) is 10.5 Å². The second kappa shape index (κ2) is 2.89. The molecular formula is C7H9N5O. The number of nitrogens with zero attached hydrogens (tertiary/aromatic N) is 3. The highest BCUT2D eigenvalue weighted by atomic mass is 16.5. The van der Waals surface area contributed by atoms with Crippen molar-refractivity contribution in [3.8, 4) is 5.88 Å². The van der Waals surface area contributed by atoms with E-state index >= 15 is 0 Å². The van der Waals surface area contributed by atoms with E-state index in [1.165, 1.54) is 0 Å². The summed E-state index contributed by atoms with van der Waals surface area (Å²) in [7, 11) is 0. The van der Waals surface area contributed by atoms with E-state index in [1.54, 1.807) is 6.20 Å². The Labute approximate surface area is 74.1 Å². The molecule has 0 fully saturated rings. The molecule has 0 aliphatic rings. The van der Waals surface area contributed by atoms with Crippen molar-refractivity contribution in [2.75, 3.05) is 12.3 Å². The maximum Gasteiger partial charge on any atom is 0.229 e. The second-order valence-corrected chi connectivity index (χ2v) is 2.45. The van der Waals surface area contributed by atoms with Crippen LogP contribution < -0.4 is 10.5 Å². The molecule has 2 rings (SSSR count). The van der Waals surface area contributed by atoms with Crippen molar-refractivity contribution < 1.29 is 4.74 Å². The molecule has 0 aliphatic heterocycles. The molecule has 0 saturated carbocycles. The standard InChI is InChI=1S/C7H9N5O/c1-2-13-6-4-3-9-12-5(4)10-7(8)11-6/h3H,2H2,1H3,(H3,8,9,10,11,12). The predicted octanol–water partition coefficient (Wildman–Crippen LogP) is 0.334. The molecule has 0 aromatic carbocycles. The fourth-order valence-electron chi connectivity index (χ4n) is 1.07. The molecule has 6 nitrogen and oxygen atoms in total. The lowest BCUT2D eigenvalue weighted by Crippen LogP contribution is -2.00. The summed E-state index contributed by atoms with van der Waals surface area (Å²) in [6, 6.07) is 0. The van der Waals surface area contributed by atoms with Crippen molar-refractivity contribution in [2.45, 2.75) is 6.92 Å². The first-order valence-corrected chi connectivity index (χ1v) is 3.90. The highest BCUT2D eigenvalue weighted by Crippen LogP contribution is 2.20. The van der Waals surface area contributed by atoms with Crippen molar-refractivity contribution in [1.29, 1.82) is 0 Å². The van der Waals surface area contributed by atoms with Crippen molar-refractivity contribution in [1.82, 2.24) is 20.2 Å². The monoisotopic (exact) mass is 179 g/mol. The van der Waals surface area contributed by atoms with Gasteiger partial charge < -0.3 is 10.5 Å². The van der Waals surface area contributed by atoms with E-state index < -0.39 is 0 Å². The number of hydrogen-bond acceptors (Lipinski definition) is 5. The zero-order valence-electron chi connectivity index (χ0n) is 7.11. The van der Waals surface area contributed by atoms with Gasteiger partial charge in [0.15, 0.2) is 5.65 Å². The highest BCUT2D eigenvalue weighted by molar-refractivity contribution is 5.80. The van der Waals surface area contributed by atoms with Gasteiger partial charge in [0.1, 0.15) is 5.39 Å². The first kappa shape index (κ1) is 7.78. The second-order valence-electron chi connectivity index (χ2n) is 2.45. The Morgan fingerprint density at radius 1 is 1.54 bits per heavy atom. The maximum atomic E-state index is 5.46. The summed E-state index contributed by atoms with van der Waals surface area (Å²) < 4.78 is 5.27. The first-order valence-electron chi connectivity index (χ1n) is 3.90. The van der Waals surface area contributed by atoms with Gasteiger partial charge in [0.25, 0.3) is 0 Å². The van der Waals surface area contributed by atoms with Gasteiger partial charge in [-0.25, -0.2) is 0 Å². The largest absolute Gasteiger partial charge is 0.477 e. The number of anilines is 1. The number of ether oxygens (including phenoxy) is 1. The van der Waals surface area contributed by atoms with Gasteiger partial charge in [-0.2, -0.15) is 15.1 Å². The van der Waals surface area contributed by atoms with Crippen LogP contribution in [0.3, 0.4) is 0 Å². The van der Waals surface area contributed by atoms with Crippen molar-refractivity contribution in [3.63, 3.8) is 0 Å². The Balaban J connectivity index is 2.63. The van der Waals surface area contributed by atoms with Gasteiger partial charge in [-0.3, -0.25) is 5.10 Å². The third kappa shape index (κ3) is 1.26. The average molecular weight is 179 g/mol. The van der Waals surface area contributed by atoms with Gasteiger partial charge in [-0.05, 0) is 6.92 Å². The number of aromatic amines is 1. The molecule has 2 aromatic rings. The van der Waals surface area contributed by atoms with E-state index in [0.29, 0.717) is 18.1 Å². The molecule has 68 valence electrons. The van der Waals surface area contributed by atoms with Crippen molar-refractivity contribution >= 4 is 17.0 Å². The zero-order chi connectivity index (χ0) is 9.26. The average Bonchev–Trinajstić information content (AvgIpc) is 2.52. The van der Waals surface area contributed by atoms with Gasteiger partial charge >= 0.3 is 0 Å². The quantitative estimate of drug-likeness (QED) is 0.693. The van der Waals surface area contributed by atoms with Crippen LogP contribution in [0.25, 0.3) is 11.0 Å². The molecule has 0 unspecified atom stereocenters. The lowest BCUT2D eigenvalue weighted by molar-refractivity contribution is 0.331. The highest BCUT2D eigenvalue weighted by Gasteiger charge is 2.07. The Bertz CT molecular complexity index is 424. The van der Waals surface area contributed by atoms with E-state index in [1.807, 2.05) is 6.92 Å². The number of rotatable bonds is 2. The Morgan fingerprint density at radius 3 is 3.15 bits per heavy atom. The van der Waals surface area contributed by atoms with Crippen LogP contribution in [-0.4, -0.2) is 26.8 Å². The molecule has 0 spiro atoms. The van der Waals surface area contributed by atoms with E-state index in [2.05, 4.69) is 20.2 Å². The first-order chi connectivity index (χ1) is 6.31. The summed E-state index contributed by atoms with van der Waals surface area (Å²) in [4.78, 5) is 7.89. The van der Waals surface area contributed by atoms with Gasteiger partial charge in [-0.15, -0.1) is 0 Å². The zero-order valence-corrected chi connectivity index (χ0v) is 7.11. The Kier molecular flexibility index (Phi) is 1.73. The molecule has 0 amide bonds. The molecule has 0 radical (unpaired) electrons. The number of nitrogens with two attached hydrogens (primary N) is 1. The molecule has 0 aliphatic carbocycles. The molecule has 13 heavy (non-hydrogen) atoms. The molecule has 2 aromatic heterocycles. The Morgan fingerprint density at radius 2 is 2.38 bits per heavy atom. The number of aromatic nitrogens is 4. The summed E-state index contributed by atoms with van der Waals surface area (Å²) in [6.07, 6.45) is 1.61. The third-order valence-corrected chi connectivity index (χ3v) is 1.57. The topological polar surface area (TPSA) is 89.7 Å². The van der Waals surface area contributed by atoms with Crippen molar-refractivity contribution in [2.24, 2.45) is 0 Å². The van der Waals surface area contributed by atoms with Crippen LogP contribution in [0.5, 0.6) is 5.88 Å². The molecule has 2 heterocycles. The summed E-state index contributed by atoms with van der Waals surface area (Å²) in [5.74, 6) is 0.652. The van der Waals surface area contributed by atoms with Gasteiger partial charge in [0, 0.05) is 0 Å². The SMILES string of the molecule is CCOc1nc(N)nc2[nH]ncc12. The van der Waals surface area contributed by atoms with Crippen molar-refractivity contribution in [3.05, 3.63) is 6.20 Å². The minimum Gasteiger partial charge on any atom is -0.477 e. The normalized spacial score (nSPS) is 10.5. The van der Waals surface area contributed by atoms with Crippen LogP contribution in [0, 0.1) is 0 Å². The van der Waals surface area contributed by atoms with Crippen LogP contribution in [0.1, 0.15) is 6.92 Å². The van der Waals surface area contributed by atoms with Crippen LogP contribution in [0.15, 0.2) is 6.20 Å². The smallest absolute Gasteiger partial charge is 0.229 e. The minimum atomic E-state index is 0.181. The molecule has 6 heteroatoms. The summed E-state index contributed by atoms with van der Waals surface area (Å²) in [6.45, 7) is 2.42. The molecule has 0 atom stereocenters. The van der Waals surface area contributed by atoms with Gasteiger partial charge in [0.2, 0.25) is 11.8 Å². The van der Waals surface area contributed by atoms with Crippen LogP contribution in [0.4, 0.5) is 5.95 Å². The molecule has 0 bridgehead atoms. The molecule has 0 saturated heterocycles. The minimum absolute atomic E-state index is 0.181. The fraction of sp³-hybridized carbons (Fsp3) is 0.286. The van der Waals surface area contributed by atoms with E-state index in [0.717, 1.165) is 5.39 Å². The van der Waals surface area contributed by atoms with Crippen LogP contribution >= 0.6 is 0 Å². The lowest BCUT2D eigenvalue weighted by atomic mass is 10.4. The summed E-state index contributed by atoms with van der Waals surface area (Å²) in [5, 5.41) is 7.27. The number of fused-ring (bicyclic) bond motifs is 1. The number of H-pyrrole nitrogens is 1. The van der Waals surface area contributed by atoms with Crippen LogP contribution in [0.2, 0.25) is 0 Å². The maximum absolute atomic E-state index is 5.46. The Hall–Kier alpha value is -1.85. The molecular weight excluding hydrogens is 170 g/mol. The van der Waals surface area contributed by atoms with Gasteiger partial charge in [0.05, 0.1) is 12.8 Å². The van der Waals surface area contributed by atoms with E-state index in [9.17, 15) is 0 Å². The summed E-state index contributed by atoms with van der Waals surface area (Å²) >= 11 is 0. The number of hydrogen-bond donors (Lipinski definition) is 2. The number of nitrogens with one attached hydrogen (secondary N) is 1. The number of nitrogen functional groups attached to an aromatic ring is 1. The lowest BCUT2D eigenvalue weighted by Gasteiger charge is -2.02. The summed E-state index contributed by atoms with van der Waals surface area (Å²) in [5.41, 5.74) is 6.06. The van der Waals surface area contributed by atoms with Gasteiger partial charge in [-0.1, -0.05) is 0 Å². The fourth-order valence-corrected chi connectivity index (χ4v) is 1.07. The third-order valence-electron chi connectivity index (χ3n) is 1.57. The van der Waals surface area contributed by atoms with E-state index in [-0.39, 0.29) is 5.95 Å². The van der Waals surface area contributed by atoms with Crippen LogP contribution in [-0.2, 0) is 0 Å². The predicted molar refractivity (Wildman–Crippen MR) is 47.3 cm³/mol. The molecule has 3 N–H and O–H groups in total.